The fraction of sp³-hybridized carbons (Fsp3) is 0.150. The Labute approximate surface area is 157 Å². The average Bonchev–Trinajstić information content (AvgIpc) is 2.67. The zero-order chi connectivity index (χ0) is 18.5. The highest BCUT2D eigenvalue weighted by Gasteiger charge is 2.21. The Bertz CT molecular complexity index is 899. The Morgan fingerprint density at radius 3 is 2.38 bits per heavy atom. The summed E-state index contributed by atoms with van der Waals surface area (Å²) in [7, 11) is 0. The minimum atomic E-state index is -0.464. The maximum absolute atomic E-state index is 11.4. The van der Waals surface area contributed by atoms with E-state index in [0.29, 0.717) is 23.7 Å². The van der Waals surface area contributed by atoms with Crippen molar-refractivity contribution in [3.05, 3.63) is 77.9 Å². The van der Waals surface area contributed by atoms with Gasteiger partial charge in [-0.15, -0.1) is 0 Å². The molecule has 6 heteroatoms. The number of ether oxygens (including phenoxy) is 1. The largest absolute Gasteiger partial charge is 0.426 e. The monoisotopic (exact) mass is 365 g/mol. The molecule has 0 saturated heterocycles. The van der Waals surface area contributed by atoms with Gasteiger partial charge in [-0.25, -0.2) is 9.97 Å². The molecule has 0 fully saturated rings. The van der Waals surface area contributed by atoms with E-state index < -0.39 is 11.2 Å². The average molecular weight is 365 g/mol. The van der Waals surface area contributed by atoms with Crippen LogP contribution in [-0.4, -0.2) is 15.9 Å². The van der Waals surface area contributed by atoms with Crippen LogP contribution < -0.4 is 10.5 Å². The Morgan fingerprint density at radius 1 is 1.08 bits per heavy atom. The quantitative estimate of drug-likeness (QED) is 0.411. The molecular weight excluding hydrogens is 346 g/mol. The third-order valence-corrected chi connectivity index (χ3v) is 4.42. The highest BCUT2D eigenvalue weighted by molar-refractivity contribution is 7.80. The van der Waals surface area contributed by atoms with Gasteiger partial charge in [-0.05, 0) is 17.2 Å². The summed E-state index contributed by atoms with van der Waals surface area (Å²) < 4.78 is 5.32. The number of benzene rings is 2. The summed E-state index contributed by atoms with van der Waals surface area (Å²) in [6, 6.07) is 15.3. The lowest BCUT2D eigenvalue weighted by atomic mass is 10.0. The SMILES string of the molecule is CC(=O)Oc1cccc(CN)c1C(S)c1ncc(-c2ccccc2)cn1. The van der Waals surface area contributed by atoms with E-state index in [2.05, 4.69) is 22.6 Å². The molecule has 5 nitrogen and oxygen atoms in total. The van der Waals surface area contributed by atoms with Gasteiger partial charge in [-0.2, -0.15) is 12.6 Å². The number of esters is 1. The topological polar surface area (TPSA) is 78.1 Å². The summed E-state index contributed by atoms with van der Waals surface area (Å²) in [5, 5.41) is -0.464. The van der Waals surface area contributed by atoms with Gasteiger partial charge in [0.15, 0.2) is 0 Å². The van der Waals surface area contributed by atoms with Gasteiger partial charge in [0.2, 0.25) is 0 Å². The number of thiol groups is 1. The van der Waals surface area contributed by atoms with Crippen molar-refractivity contribution in [1.82, 2.24) is 9.97 Å². The molecule has 0 bridgehead atoms. The summed E-state index contributed by atoms with van der Waals surface area (Å²) >= 11 is 4.67. The molecule has 1 unspecified atom stereocenters. The van der Waals surface area contributed by atoms with Gasteiger partial charge in [-0.3, -0.25) is 4.79 Å². The zero-order valence-electron chi connectivity index (χ0n) is 14.3. The van der Waals surface area contributed by atoms with E-state index in [4.69, 9.17) is 10.5 Å². The van der Waals surface area contributed by atoms with Crippen molar-refractivity contribution in [3.63, 3.8) is 0 Å². The van der Waals surface area contributed by atoms with Gasteiger partial charge in [-0.1, -0.05) is 42.5 Å². The van der Waals surface area contributed by atoms with E-state index in [-0.39, 0.29) is 0 Å². The minimum absolute atomic E-state index is 0.295. The molecule has 0 aliphatic carbocycles. The number of nitrogens with zero attached hydrogens (tertiary/aromatic N) is 2. The minimum Gasteiger partial charge on any atom is -0.426 e. The highest BCUT2D eigenvalue weighted by atomic mass is 32.1. The van der Waals surface area contributed by atoms with Crippen LogP contribution in [0.4, 0.5) is 0 Å². The Hall–Kier alpha value is -2.70. The van der Waals surface area contributed by atoms with Crippen LogP contribution in [-0.2, 0) is 11.3 Å². The predicted molar refractivity (Wildman–Crippen MR) is 104 cm³/mol. The van der Waals surface area contributed by atoms with Gasteiger partial charge >= 0.3 is 5.97 Å². The number of carbonyl (C=O) groups is 1. The van der Waals surface area contributed by atoms with Crippen LogP contribution in [0, 0.1) is 0 Å². The van der Waals surface area contributed by atoms with E-state index in [1.807, 2.05) is 36.4 Å². The molecule has 132 valence electrons. The van der Waals surface area contributed by atoms with Gasteiger partial charge in [0, 0.05) is 37.0 Å². The molecule has 26 heavy (non-hydrogen) atoms. The Balaban J connectivity index is 1.96. The fourth-order valence-corrected chi connectivity index (χ4v) is 3.14. The second-order valence-electron chi connectivity index (χ2n) is 5.73. The summed E-state index contributed by atoms with van der Waals surface area (Å²) in [6.07, 6.45) is 3.52. The molecule has 2 N–H and O–H groups in total. The second kappa shape index (κ2) is 8.12. The molecular formula is C20H19N3O2S. The molecule has 0 aliphatic heterocycles. The van der Waals surface area contributed by atoms with Crippen LogP contribution in [0.2, 0.25) is 0 Å². The van der Waals surface area contributed by atoms with Gasteiger partial charge < -0.3 is 10.5 Å². The lowest BCUT2D eigenvalue weighted by Gasteiger charge is -2.18. The first-order valence-corrected chi connectivity index (χ1v) is 8.67. The Kier molecular flexibility index (Phi) is 5.65. The van der Waals surface area contributed by atoms with Crippen LogP contribution in [0.15, 0.2) is 60.9 Å². The van der Waals surface area contributed by atoms with E-state index in [1.165, 1.54) is 6.92 Å². The molecule has 0 aliphatic rings. The smallest absolute Gasteiger partial charge is 0.308 e. The highest BCUT2D eigenvalue weighted by Crippen LogP contribution is 2.36. The van der Waals surface area contributed by atoms with Crippen LogP contribution >= 0.6 is 12.6 Å². The Morgan fingerprint density at radius 2 is 1.77 bits per heavy atom. The van der Waals surface area contributed by atoms with Crippen molar-refractivity contribution in [1.29, 1.82) is 0 Å². The number of hydrogen-bond donors (Lipinski definition) is 2. The normalized spacial score (nSPS) is 11.8. The lowest BCUT2D eigenvalue weighted by Crippen LogP contribution is -2.11. The first-order chi connectivity index (χ1) is 12.6. The third-order valence-electron chi connectivity index (χ3n) is 3.93. The van der Waals surface area contributed by atoms with Crippen LogP contribution in [0.1, 0.15) is 29.1 Å². The molecule has 1 heterocycles. The number of aromatic nitrogens is 2. The summed E-state index contributed by atoms with van der Waals surface area (Å²) in [5.41, 5.74) is 9.35. The molecule has 3 rings (SSSR count). The first-order valence-electron chi connectivity index (χ1n) is 8.16. The molecule has 0 spiro atoms. The molecule has 3 aromatic rings. The summed E-state index contributed by atoms with van der Waals surface area (Å²) in [5.74, 6) is 0.541. The molecule has 0 radical (unpaired) electrons. The number of carbonyl (C=O) groups excluding carboxylic acids is 1. The fourth-order valence-electron chi connectivity index (χ4n) is 2.71. The van der Waals surface area contributed by atoms with Crippen molar-refractivity contribution in [2.45, 2.75) is 18.7 Å². The van der Waals surface area contributed by atoms with E-state index >= 15 is 0 Å². The molecule has 0 amide bonds. The molecule has 0 saturated carbocycles. The van der Waals surface area contributed by atoms with E-state index in [9.17, 15) is 4.79 Å². The van der Waals surface area contributed by atoms with Crippen molar-refractivity contribution in [3.8, 4) is 16.9 Å². The van der Waals surface area contributed by atoms with E-state index in [0.717, 1.165) is 16.7 Å². The summed E-state index contributed by atoms with van der Waals surface area (Å²) in [6.45, 7) is 1.65. The van der Waals surface area contributed by atoms with E-state index in [1.54, 1.807) is 24.5 Å². The van der Waals surface area contributed by atoms with Crippen LogP contribution in [0.3, 0.4) is 0 Å². The van der Waals surface area contributed by atoms with Crippen molar-refractivity contribution < 1.29 is 9.53 Å². The maximum Gasteiger partial charge on any atom is 0.308 e. The van der Waals surface area contributed by atoms with Crippen molar-refractivity contribution >= 4 is 18.6 Å². The first kappa shape index (κ1) is 18.1. The van der Waals surface area contributed by atoms with Crippen LogP contribution in [0.25, 0.3) is 11.1 Å². The lowest BCUT2D eigenvalue weighted by molar-refractivity contribution is -0.131. The van der Waals surface area contributed by atoms with Crippen molar-refractivity contribution in [2.75, 3.05) is 0 Å². The number of rotatable bonds is 5. The van der Waals surface area contributed by atoms with Crippen molar-refractivity contribution in [2.24, 2.45) is 5.73 Å². The zero-order valence-corrected chi connectivity index (χ0v) is 15.2. The van der Waals surface area contributed by atoms with Gasteiger partial charge in [0.25, 0.3) is 0 Å². The molecule has 1 atom stereocenters. The summed E-state index contributed by atoms with van der Waals surface area (Å²) in [4.78, 5) is 20.3. The van der Waals surface area contributed by atoms with Crippen LogP contribution in [0.5, 0.6) is 5.75 Å². The maximum atomic E-state index is 11.4. The number of nitrogens with two attached hydrogens (primary N) is 1. The number of hydrogen-bond acceptors (Lipinski definition) is 6. The third kappa shape index (κ3) is 3.92. The predicted octanol–water partition coefficient (Wildman–Crippen LogP) is 3.55. The van der Waals surface area contributed by atoms with Gasteiger partial charge in [0.1, 0.15) is 11.6 Å². The molecule has 1 aromatic heterocycles. The second-order valence-corrected chi connectivity index (χ2v) is 6.24. The standard InChI is InChI=1S/C20H19N3O2S/c1-13(24)25-17-9-5-8-15(10-21)18(17)19(26)20-22-11-16(12-23-20)14-6-3-2-4-7-14/h2-9,11-12,19,26H,10,21H2,1H3. The van der Waals surface area contributed by atoms with Gasteiger partial charge in [0.05, 0.1) is 5.25 Å². The molecule has 2 aromatic carbocycles.